The summed E-state index contributed by atoms with van der Waals surface area (Å²) in [6.07, 6.45) is -3.12. The lowest BCUT2D eigenvalue weighted by atomic mass is 10.1. The van der Waals surface area contributed by atoms with Crippen LogP contribution in [0.15, 0.2) is 24.4 Å². The Kier molecular flexibility index (Phi) is 2.53. The van der Waals surface area contributed by atoms with Crippen molar-refractivity contribution >= 4 is 5.82 Å². The van der Waals surface area contributed by atoms with Gasteiger partial charge in [-0.05, 0) is 24.6 Å². The first-order chi connectivity index (χ1) is 7.88. The molecule has 0 spiro atoms. The zero-order valence-corrected chi connectivity index (χ0v) is 8.86. The number of nitrogen functional groups attached to an aromatic ring is 1. The molecule has 0 bridgehead atoms. The van der Waals surface area contributed by atoms with Gasteiger partial charge in [0.15, 0.2) is 5.82 Å². The van der Waals surface area contributed by atoms with Crippen LogP contribution in [-0.2, 0) is 6.18 Å². The van der Waals surface area contributed by atoms with E-state index in [1.165, 1.54) is 25.3 Å². The maximum atomic E-state index is 12.7. The van der Waals surface area contributed by atoms with Crippen molar-refractivity contribution in [1.82, 2.24) is 15.0 Å². The second-order valence-electron chi connectivity index (χ2n) is 3.56. The van der Waals surface area contributed by atoms with Crippen LogP contribution < -0.4 is 5.73 Å². The Bertz CT molecular complexity index is 545. The van der Waals surface area contributed by atoms with Gasteiger partial charge >= 0.3 is 6.18 Å². The van der Waals surface area contributed by atoms with Gasteiger partial charge in [-0.25, -0.2) is 0 Å². The molecule has 2 aromatic rings. The molecule has 2 N–H and O–H groups in total. The lowest BCUT2D eigenvalue weighted by Gasteiger charge is -2.11. The number of hydrogen-bond donors (Lipinski definition) is 1. The molecule has 0 aliphatic carbocycles. The van der Waals surface area contributed by atoms with Crippen LogP contribution in [0, 0.1) is 6.92 Å². The molecule has 1 heterocycles. The number of hydrogen-bond acceptors (Lipinski definition) is 3. The maximum absolute atomic E-state index is 12.7. The summed E-state index contributed by atoms with van der Waals surface area (Å²) in [7, 11) is 0. The largest absolute Gasteiger partial charge is 0.416 e. The van der Waals surface area contributed by atoms with E-state index in [0.29, 0.717) is 0 Å². The van der Waals surface area contributed by atoms with Gasteiger partial charge in [-0.15, -0.1) is 9.90 Å². The van der Waals surface area contributed by atoms with Crippen molar-refractivity contribution in [2.24, 2.45) is 0 Å². The Balaban J connectivity index is 2.51. The van der Waals surface area contributed by atoms with Gasteiger partial charge in [-0.3, -0.25) is 0 Å². The molecule has 2 rings (SSSR count). The summed E-state index contributed by atoms with van der Waals surface area (Å²) in [5.74, 6) is 0.152. The minimum atomic E-state index is -4.39. The molecule has 1 aromatic heterocycles. The Morgan fingerprint density at radius 1 is 1.29 bits per heavy atom. The first kappa shape index (κ1) is 11.4. The first-order valence-corrected chi connectivity index (χ1v) is 4.74. The van der Waals surface area contributed by atoms with E-state index in [4.69, 9.17) is 5.73 Å². The monoisotopic (exact) mass is 242 g/mol. The standard InChI is InChI=1S/C10H9F3N4/c1-6-2-3-7(4-8(6)10(11,12)13)17-15-5-9(14)16-17/h2-5H,1H3,(H2,14,16). The van der Waals surface area contributed by atoms with Crippen molar-refractivity contribution in [1.29, 1.82) is 0 Å². The minimum Gasteiger partial charge on any atom is -0.381 e. The van der Waals surface area contributed by atoms with Crippen LogP contribution in [0.1, 0.15) is 11.1 Å². The zero-order valence-electron chi connectivity index (χ0n) is 8.86. The van der Waals surface area contributed by atoms with Crippen molar-refractivity contribution in [3.05, 3.63) is 35.5 Å². The summed E-state index contributed by atoms with van der Waals surface area (Å²) >= 11 is 0. The first-order valence-electron chi connectivity index (χ1n) is 4.74. The molecular formula is C10H9F3N4. The summed E-state index contributed by atoms with van der Waals surface area (Å²) in [6.45, 7) is 1.40. The highest BCUT2D eigenvalue weighted by Crippen LogP contribution is 2.32. The topological polar surface area (TPSA) is 56.7 Å². The van der Waals surface area contributed by atoms with Crippen LogP contribution >= 0.6 is 0 Å². The van der Waals surface area contributed by atoms with Crippen molar-refractivity contribution < 1.29 is 13.2 Å². The summed E-state index contributed by atoms with van der Waals surface area (Å²) in [5.41, 5.74) is 5.03. The van der Waals surface area contributed by atoms with Crippen LogP contribution in [0.3, 0.4) is 0 Å². The van der Waals surface area contributed by atoms with E-state index in [9.17, 15) is 13.2 Å². The number of nitrogens with zero attached hydrogens (tertiary/aromatic N) is 3. The normalized spacial score (nSPS) is 11.8. The quantitative estimate of drug-likeness (QED) is 0.833. The summed E-state index contributed by atoms with van der Waals surface area (Å²) in [4.78, 5) is 1.06. The predicted octanol–water partition coefficient (Wildman–Crippen LogP) is 2.18. The third-order valence-corrected chi connectivity index (χ3v) is 2.27. The van der Waals surface area contributed by atoms with Crippen molar-refractivity contribution in [3.63, 3.8) is 0 Å². The third kappa shape index (κ3) is 2.22. The molecule has 0 aliphatic heterocycles. The third-order valence-electron chi connectivity index (χ3n) is 2.27. The summed E-state index contributed by atoms with van der Waals surface area (Å²) in [5, 5.41) is 7.50. The van der Waals surface area contributed by atoms with E-state index in [1.54, 1.807) is 0 Å². The van der Waals surface area contributed by atoms with E-state index in [2.05, 4.69) is 10.2 Å². The average Bonchev–Trinajstić information content (AvgIpc) is 2.64. The fraction of sp³-hybridized carbons (Fsp3) is 0.200. The molecule has 7 heteroatoms. The van der Waals surface area contributed by atoms with Gasteiger partial charge in [0.1, 0.15) is 0 Å². The summed E-state index contributed by atoms with van der Waals surface area (Å²) < 4.78 is 38.0. The number of nitrogens with two attached hydrogens (primary N) is 1. The van der Waals surface area contributed by atoms with Gasteiger partial charge in [0.25, 0.3) is 0 Å². The SMILES string of the molecule is Cc1ccc(-n2ncc(N)n2)cc1C(F)(F)F. The highest BCUT2D eigenvalue weighted by molar-refractivity contribution is 5.41. The molecule has 0 fully saturated rings. The maximum Gasteiger partial charge on any atom is 0.416 e. The lowest BCUT2D eigenvalue weighted by Crippen LogP contribution is -2.09. The number of rotatable bonds is 1. The molecule has 0 atom stereocenters. The molecule has 17 heavy (non-hydrogen) atoms. The van der Waals surface area contributed by atoms with E-state index < -0.39 is 11.7 Å². The molecule has 0 saturated heterocycles. The van der Waals surface area contributed by atoms with Crippen LogP contribution in [0.5, 0.6) is 0 Å². The molecule has 4 nitrogen and oxygen atoms in total. The molecule has 0 amide bonds. The van der Waals surface area contributed by atoms with E-state index in [-0.39, 0.29) is 17.1 Å². The Morgan fingerprint density at radius 3 is 2.53 bits per heavy atom. The molecular weight excluding hydrogens is 233 g/mol. The van der Waals surface area contributed by atoms with Crippen LogP contribution in [0.4, 0.5) is 19.0 Å². The Hall–Kier alpha value is -2.05. The van der Waals surface area contributed by atoms with E-state index in [1.807, 2.05) is 0 Å². The highest BCUT2D eigenvalue weighted by atomic mass is 19.4. The summed E-state index contributed by atoms with van der Waals surface area (Å²) in [6, 6.07) is 3.87. The Morgan fingerprint density at radius 2 is 2.00 bits per heavy atom. The van der Waals surface area contributed by atoms with Gasteiger partial charge in [0, 0.05) is 0 Å². The number of benzene rings is 1. The second-order valence-corrected chi connectivity index (χ2v) is 3.56. The van der Waals surface area contributed by atoms with Gasteiger partial charge in [-0.2, -0.15) is 18.3 Å². The van der Waals surface area contributed by atoms with Gasteiger partial charge in [0.2, 0.25) is 0 Å². The van der Waals surface area contributed by atoms with Crippen LogP contribution in [0.25, 0.3) is 5.69 Å². The fourth-order valence-corrected chi connectivity index (χ4v) is 1.44. The van der Waals surface area contributed by atoms with Crippen molar-refractivity contribution in [2.75, 3.05) is 5.73 Å². The number of aryl methyl sites for hydroxylation is 1. The van der Waals surface area contributed by atoms with E-state index >= 15 is 0 Å². The zero-order chi connectivity index (χ0) is 12.6. The molecule has 0 unspecified atom stereocenters. The fourth-order valence-electron chi connectivity index (χ4n) is 1.44. The minimum absolute atomic E-state index is 0.152. The van der Waals surface area contributed by atoms with Crippen molar-refractivity contribution in [2.45, 2.75) is 13.1 Å². The second kappa shape index (κ2) is 3.76. The number of alkyl halides is 3. The van der Waals surface area contributed by atoms with Gasteiger partial charge < -0.3 is 5.73 Å². The highest BCUT2D eigenvalue weighted by Gasteiger charge is 2.32. The van der Waals surface area contributed by atoms with Gasteiger partial charge in [0.05, 0.1) is 17.4 Å². The number of anilines is 1. The molecule has 90 valence electrons. The number of halogens is 3. The average molecular weight is 242 g/mol. The van der Waals surface area contributed by atoms with Crippen molar-refractivity contribution in [3.8, 4) is 5.69 Å². The molecule has 1 aromatic carbocycles. The smallest absolute Gasteiger partial charge is 0.381 e. The number of aromatic nitrogens is 3. The molecule has 0 saturated carbocycles. The molecule has 0 aliphatic rings. The molecule has 0 radical (unpaired) electrons. The van der Waals surface area contributed by atoms with E-state index in [0.717, 1.165) is 10.9 Å². The Labute approximate surface area is 94.9 Å². The predicted molar refractivity (Wildman–Crippen MR) is 55.5 cm³/mol. The van der Waals surface area contributed by atoms with Crippen LogP contribution in [0.2, 0.25) is 0 Å². The van der Waals surface area contributed by atoms with Crippen LogP contribution in [-0.4, -0.2) is 15.0 Å². The van der Waals surface area contributed by atoms with Gasteiger partial charge in [-0.1, -0.05) is 6.07 Å². The lowest BCUT2D eigenvalue weighted by molar-refractivity contribution is -0.138.